The van der Waals surface area contributed by atoms with E-state index in [1.807, 2.05) is 32.0 Å². The largest absolute Gasteiger partial charge is 0.457 e. The molecule has 0 amide bonds. The summed E-state index contributed by atoms with van der Waals surface area (Å²) in [5.74, 6) is 1.63. The molecule has 2 aromatic carbocycles. The number of rotatable bonds is 2. The molecule has 1 heterocycles. The molecule has 0 aromatic heterocycles. The van der Waals surface area contributed by atoms with Crippen LogP contribution >= 0.6 is 0 Å². The van der Waals surface area contributed by atoms with E-state index in [9.17, 15) is 0 Å². The summed E-state index contributed by atoms with van der Waals surface area (Å²) in [6.07, 6.45) is 0. The second kappa shape index (κ2) is 5.51. The molecule has 0 saturated heterocycles. The minimum absolute atomic E-state index is 0.158. The van der Waals surface area contributed by atoms with Gasteiger partial charge in [-0.3, -0.25) is 0 Å². The highest BCUT2D eigenvalue weighted by Gasteiger charge is 2.26. The molecule has 0 unspecified atom stereocenters. The number of fused-ring (bicyclic) bond motifs is 1. The van der Waals surface area contributed by atoms with E-state index in [1.165, 1.54) is 11.0 Å². The molecule has 1 aliphatic rings. The first kappa shape index (κ1) is 14.7. The first-order chi connectivity index (χ1) is 10.5. The highest BCUT2D eigenvalue weighted by molar-refractivity contribution is 6.67. The van der Waals surface area contributed by atoms with E-state index in [0.29, 0.717) is 12.3 Å². The average Bonchev–Trinajstić information content (AvgIpc) is 2.84. The maximum absolute atomic E-state index is 7.22. The average molecular weight is 291 g/mol. The predicted molar refractivity (Wildman–Crippen MR) is 89.5 cm³/mol. The van der Waals surface area contributed by atoms with Crippen molar-refractivity contribution in [3.63, 3.8) is 0 Å². The first-order valence-corrected chi connectivity index (χ1v) is 7.41. The highest BCUT2D eigenvalue weighted by atomic mass is 16.5. The molecule has 22 heavy (non-hydrogen) atoms. The Morgan fingerprint density at radius 1 is 1.18 bits per heavy atom. The fraction of sp³-hybridized carbons (Fsp3) is 0.278. The zero-order chi connectivity index (χ0) is 15.9. The van der Waals surface area contributed by atoms with Crippen LogP contribution in [-0.2, 0) is 11.3 Å². The summed E-state index contributed by atoms with van der Waals surface area (Å²) in [5, 5.41) is 0. The van der Waals surface area contributed by atoms with E-state index >= 15 is 0 Å². The molecule has 4 heteroatoms. The second-order valence-electron chi connectivity index (χ2n) is 5.83. The summed E-state index contributed by atoms with van der Waals surface area (Å²) in [5.41, 5.74) is 6.21. The van der Waals surface area contributed by atoms with Gasteiger partial charge in [-0.2, -0.15) is 0 Å². The first-order valence-electron chi connectivity index (χ1n) is 7.41. The lowest BCUT2D eigenvalue weighted by molar-refractivity contribution is 0.332. The van der Waals surface area contributed by atoms with Crippen LogP contribution in [0.2, 0.25) is 6.82 Å². The Labute approximate surface area is 131 Å². The van der Waals surface area contributed by atoms with E-state index in [2.05, 4.69) is 24.7 Å². The van der Waals surface area contributed by atoms with Gasteiger partial charge < -0.3 is 9.39 Å². The zero-order valence-electron chi connectivity index (χ0n) is 13.4. The van der Waals surface area contributed by atoms with Gasteiger partial charge in [-0.1, -0.05) is 12.9 Å². The Bertz CT molecular complexity index is 769. The third-order valence-corrected chi connectivity index (χ3v) is 4.30. The summed E-state index contributed by atoms with van der Waals surface area (Å²) in [6.45, 7) is 16.1. The van der Waals surface area contributed by atoms with Crippen molar-refractivity contribution in [2.75, 3.05) is 0 Å². The molecule has 110 valence electrons. The molecule has 0 fully saturated rings. The van der Waals surface area contributed by atoms with Crippen molar-refractivity contribution >= 4 is 18.1 Å². The molecule has 0 bridgehead atoms. The summed E-state index contributed by atoms with van der Waals surface area (Å²) >= 11 is 0. The van der Waals surface area contributed by atoms with Gasteiger partial charge in [0.05, 0.1) is 13.2 Å². The van der Waals surface area contributed by atoms with Gasteiger partial charge in [0.2, 0.25) is 0 Å². The monoisotopic (exact) mass is 291 g/mol. The van der Waals surface area contributed by atoms with Gasteiger partial charge in [-0.25, -0.2) is 4.85 Å². The molecule has 3 rings (SSSR count). The fourth-order valence-electron chi connectivity index (χ4n) is 3.02. The van der Waals surface area contributed by atoms with Gasteiger partial charge in [0.1, 0.15) is 11.5 Å². The smallest absolute Gasteiger partial charge is 0.324 e. The summed E-state index contributed by atoms with van der Waals surface area (Å²) in [7, 11) is 0. The van der Waals surface area contributed by atoms with Crippen molar-refractivity contribution in [2.45, 2.75) is 34.2 Å². The van der Waals surface area contributed by atoms with Crippen molar-refractivity contribution in [1.82, 2.24) is 0 Å². The van der Waals surface area contributed by atoms with Crippen LogP contribution in [-0.4, -0.2) is 6.92 Å². The maximum atomic E-state index is 7.22. The van der Waals surface area contributed by atoms with E-state index in [4.69, 9.17) is 16.0 Å². The SMILES string of the molecule is [C-]#[N+]c1c(C)cc(Oc2ccc3c(c2C)COB3C)cc1C. The molecule has 2 aromatic rings. The predicted octanol–water partition coefficient (Wildman–Crippen LogP) is 4.31. The van der Waals surface area contributed by atoms with Crippen LogP contribution in [0.4, 0.5) is 5.69 Å². The standard InChI is InChI=1S/C18H18BNO2/c1-11-8-14(9-12(2)18(11)20-5)22-17-7-6-16-15(13(17)3)10-21-19(16)4/h6-9H,10H2,1-4H3. The molecular weight excluding hydrogens is 273 g/mol. The van der Waals surface area contributed by atoms with E-state index in [0.717, 1.165) is 28.2 Å². The number of hydrogen-bond acceptors (Lipinski definition) is 2. The van der Waals surface area contributed by atoms with Crippen LogP contribution in [0.3, 0.4) is 0 Å². The third-order valence-electron chi connectivity index (χ3n) is 4.30. The molecule has 0 saturated carbocycles. The second-order valence-corrected chi connectivity index (χ2v) is 5.83. The highest BCUT2D eigenvalue weighted by Crippen LogP contribution is 2.33. The van der Waals surface area contributed by atoms with Crippen LogP contribution in [0, 0.1) is 27.3 Å². The molecular formula is C18H18BNO2. The molecule has 0 N–H and O–H groups in total. The van der Waals surface area contributed by atoms with Crippen molar-refractivity contribution in [3.05, 3.63) is 57.9 Å². The van der Waals surface area contributed by atoms with Crippen LogP contribution in [0.15, 0.2) is 24.3 Å². The van der Waals surface area contributed by atoms with Crippen LogP contribution < -0.4 is 10.2 Å². The van der Waals surface area contributed by atoms with Gasteiger partial charge in [0, 0.05) is 0 Å². The summed E-state index contributed by atoms with van der Waals surface area (Å²) in [6, 6.07) is 7.94. The normalized spacial score (nSPS) is 13.0. The molecule has 1 aliphatic heterocycles. The van der Waals surface area contributed by atoms with Gasteiger partial charge in [0.25, 0.3) is 0 Å². The Balaban J connectivity index is 1.97. The van der Waals surface area contributed by atoms with Gasteiger partial charge in [-0.15, -0.1) is 0 Å². The Kier molecular flexibility index (Phi) is 3.68. The van der Waals surface area contributed by atoms with Crippen LogP contribution in [0.25, 0.3) is 4.85 Å². The number of nitrogens with zero attached hydrogens (tertiary/aromatic N) is 1. The molecule has 3 nitrogen and oxygen atoms in total. The van der Waals surface area contributed by atoms with E-state index < -0.39 is 0 Å². The molecule has 0 aliphatic carbocycles. The Morgan fingerprint density at radius 3 is 2.50 bits per heavy atom. The number of ether oxygens (including phenoxy) is 1. The van der Waals surface area contributed by atoms with E-state index in [1.54, 1.807) is 0 Å². The lowest BCUT2D eigenvalue weighted by Gasteiger charge is -2.14. The van der Waals surface area contributed by atoms with Gasteiger partial charge in [-0.05, 0) is 66.7 Å². The van der Waals surface area contributed by atoms with Crippen molar-refractivity contribution in [1.29, 1.82) is 0 Å². The Morgan fingerprint density at radius 2 is 1.86 bits per heavy atom. The van der Waals surface area contributed by atoms with Crippen LogP contribution in [0.5, 0.6) is 11.5 Å². The van der Waals surface area contributed by atoms with Crippen LogP contribution in [0.1, 0.15) is 22.3 Å². The molecule has 0 atom stereocenters. The lowest BCUT2D eigenvalue weighted by Crippen LogP contribution is -2.24. The lowest BCUT2D eigenvalue weighted by atomic mass is 9.64. The fourth-order valence-corrected chi connectivity index (χ4v) is 3.02. The number of aryl methyl sites for hydroxylation is 2. The summed E-state index contributed by atoms with van der Waals surface area (Å²) < 4.78 is 11.8. The zero-order valence-corrected chi connectivity index (χ0v) is 13.4. The van der Waals surface area contributed by atoms with Crippen molar-refractivity contribution in [3.8, 4) is 11.5 Å². The third kappa shape index (κ3) is 2.38. The number of hydrogen-bond donors (Lipinski definition) is 0. The molecule has 0 radical (unpaired) electrons. The topological polar surface area (TPSA) is 22.8 Å². The van der Waals surface area contributed by atoms with Crippen molar-refractivity contribution < 1.29 is 9.39 Å². The maximum Gasteiger partial charge on any atom is 0.324 e. The minimum Gasteiger partial charge on any atom is -0.457 e. The number of benzene rings is 2. The quantitative estimate of drug-likeness (QED) is 0.607. The summed E-state index contributed by atoms with van der Waals surface area (Å²) in [4.78, 5) is 3.57. The Hall–Kier alpha value is -2.25. The van der Waals surface area contributed by atoms with Gasteiger partial charge in [0.15, 0.2) is 5.69 Å². The minimum atomic E-state index is 0.158. The van der Waals surface area contributed by atoms with Crippen molar-refractivity contribution in [2.24, 2.45) is 0 Å². The van der Waals surface area contributed by atoms with Gasteiger partial charge >= 0.3 is 6.92 Å². The molecule has 0 spiro atoms. The van der Waals surface area contributed by atoms with E-state index in [-0.39, 0.29) is 6.92 Å².